The minimum absolute atomic E-state index is 0.123. The molecule has 0 radical (unpaired) electrons. The van der Waals surface area contributed by atoms with Gasteiger partial charge in [0, 0.05) is 24.4 Å². The lowest BCUT2D eigenvalue weighted by Gasteiger charge is -2.29. The average Bonchev–Trinajstić information content (AvgIpc) is 3.06. The van der Waals surface area contributed by atoms with E-state index in [0.29, 0.717) is 6.54 Å². The van der Waals surface area contributed by atoms with Gasteiger partial charge in [-0.3, -0.25) is 9.59 Å². The van der Waals surface area contributed by atoms with Crippen LogP contribution >= 0.6 is 0 Å². The van der Waals surface area contributed by atoms with E-state index in [-0.39, 0.29) is 29.7 Å². The zero-order chi connectivity index (χ0) is 15.8. The molecule has 0 bridgehead atoms. The molecule has 0 aromatic heterocycles. The highest BCUT2D eigenvalue weighted by molar-refractivity contribution is 5.80. The van der Waals surface area contributed by atoms with Crippen LogP contribution in [-0.2, 0) is 9.59 Å². The van der Waals surface area contributed by atoms with Gasteiger partial charge < -0.3 is 16.4 Å². The van der Waals surface area contributed by atoms with Gasteiger partial charge in [0.2, 0.25) is 11.8 Å². The number of unbranched alkanes of at least 4 members (excludes halogenated alkanes) is 1. The van der Waals surface area contributed by atoms with E-state index in [1.54, 1.807) is 0 Å². The van der Waals surface area contributed by atoms with Crippen LogP contribution in [0.3, 0.4) is 0 Å². The van der Waals surface area contributed by atoms with E-state index in [1.807, 2.05) is 0 Å². The molecule has 126 valence electrons. The van der Waals surface area contributed by atoms with Crippen molar-refractivity contribution in [2.24, 2.45) is 17.6 Å². The van der Waals surface area contributed by atoms with Crippen LogP contribution in [0.15, 0.2) is 0 Å². The van der Waals surface area contributed by atoms with E-state index in [2.05, 4.69) is 10.6 Å². The summed E-state index contributed by atoms with van der Waals surface area (Å²) in [5, 5.41) is 6.20. The van der Waals surface area contributed by atoms with Crippen molar-refractivity contribution in [3.05, 3.63) is 0 Å². The van der Waals surface area contributed by atoms with Gasteiger partial charge in [-0.1, -0.05) is 12.8 Å². The molecule has 0 unspecified atom stereocenters. The lowest BCUT2D eigenvalue weighted by Crippen LogP contribution is -2.42. The predicted octanol–water partition coefficient (Wildman–Crippen LogP) is 1.71. The third-order valence-corrected chi connectivity index (χ3v) is 5.10. The summed E-state index contributed by atoms with van der Waals surface area (Å²) in [6.45, 7) is 1.41. The lowest BCUT2D eigenvalue weighted by atomic mass is 9.85. The molecule has 0 saturated heterocycles. The number of amides is 2. The first-order valence-electron chi connectivity index (χ1n) is 8.99. The third-order valence-electron chi connectivity index (χ3n) is 5.10. The van der Waals surface area contributed by atoms with Crippen molar-refractivity contribution >= 4 is 11.8 Å². The van der Waals surface area contributed by atoms with Crippen molar-refractivity contribution in [2.75, 3.05) is 13.1 Å². The first-order chi connectivity index (χ1) is 10.7. The zero-order valence-electron chi connectivity index (χ0n) is 13.6. The first kappa shape index (κ1) is 17.3. The third kappa shape index (κ3) is 5.27. The molecular weight excluding hydrogens is 278 g/mol. The Balaban J connectivity index is 1.62. The topological polar surface area (TPSA) is 84.2 Å². The predicted molar refractivity (Wildman–Crippen MR) is 87.1 cm³/mol. The van der Waals surface area contributed by atoms with Crippen LogP contribution in [0.25, 0.3) is 0 Å². The number of hydrogen-bond acceptors (Lipinski definition) is 3. The Bertz CT molecular complexity index is 359. The van der Waals surface area contributed by atoms with Gasteiger partial charge in [-0.2, -0.15) is 0 Å². The molecular formula is C17H31N3O2. The Morgan fingerprint density at radius 3 is 2.14 bits per heavy atom. The molecule has 5 nitrogen and oxygen atoms in total. The molecule has 0 atom stereocenters. The van der Waals surface area contributed by atoms with E-state index >= 15 is 0 Å². The summed E-state index contributed by atoms with van der Waals surface area (Å²) in [7, 11) is 0. The highest BCUT2D eigenvalue weighted by Gasteiger charge is 2.29. The summed E-state index contributed by atoms with van der Waals surface area (Å²) in [4.78, 5) is 24.2. The summed E-state index contributed by atoms with van der Waals surface area (Å²) in [6, 6.07) is 0.273. The van der Waals surface area contributed by atoms with E-state index in [4.69, 9.17) is 5.73 Å². The van der Waals surface area contributed by atoms with Crippen molar-refractivity contribution < 1.29 is 9.59 Å². The SMILES string of the molecule is NCCCCNC(=O)C1CCC(NC(=O)C2CCCC2)CC1. The second kappa shape index (κ2) is 9.13. The van der Waals surface area contributed by atoms with Crippen LogP contribution < -0.4 is 16.4 Å². The van der Waals surface area contributed by atoms with Crippen LogP contribution in [0.4, 0.5) is 0 Å². The van der Waals surface area contributed by atoms with Gasteiger partial charge in [0.25, 0.3) is 0 Å². The van der Waals surface area contributed by atoms with Gasteiger partial charge in [0.15, 0.2) is 0 Å². The molecule has 22 heavy (non-hydrogen) atoms. The molecule has 5 heteroatoms. The minimum Gasteiger partial charge on any atom is -0.356 e. The van der Waals surface area contributed by atoms with Crippen molar-refractivity contribution in [1.29, 1.82) is 0 Å². The van der Waals surface area contributed by atoms with E-state index in [1.165, 1.54) is 12.8 Å². The fraction of sp³-hybridized carbons (Fsp3) is 0.882. The molecule has 0 aromatic rings. The monoisotopic (exact) mass is 309 g/mol. The second-order valence-corrected chi connectivity index (χ2v) is 6.83. The van der Waals surface area contributed by atoms with Gasteiger partial charge >= 0.3 is 0 Å². The summed E-state index contributed by atoms with van der Waals surface area (Å²) in [5.74, 6) is 0.783. The molecule has 0 aromatic carbocycles. The van der Waals surface area contributed by atoms with Crippen molar-refractivity contribution in [2.45, 2.75) is 70.3 Å². The molecule has 2 aliphatic rings. The van der Waals surface area contributed by atoms with Gasteiger partial charge in [0.1, 0.15) is 0 Å². The van der Waals surface area contributed by atoms with Crippen LogP contribution in [-0.4, -0.2) is 30.9 Å². The van der Waals surface area contributed by atoms with Gasteiger partial charge in [-0.15, -0.1) is 0 Å². The molecule has 0 spiro atoms. The molecule has 2 rings (SSSR count). The van der Waals surface area contributed by atoms with Crippen molar-refractivity contribution in [1.82, 2.24) is 10.6 Å². The Labute approximate surface area is 133 Å². The van der Waals surface area contributed by atoms with Crippen molar-refractivity contribution in [3.8, 4) is 0 Å². The number of nitrogens with two attached hydrogens (primary N) is 1. The van der Waals surface area contributed by atoms with Crippen LogP contribution in [0.1, 0.15) is 64.2 Å². The standard InChI is InChI=1S/C17H31N3O2/c18-11-3-4-12-19-16(21)14-7-9-15(10-8-14)20-17(22)13-5-1-2-6-13/h13-15H,1-12,18H2,(H,19,21)(H,20,22). The lowest BCUT2D eigenvalue weighted by molar-refractivity contribution is -0.126. The maximum Gasteiger partial charge on any atom is 0.223 e. The molecule has 4 N–H and O–H groups in total. The van der Waals surface area contributed by atoms with Crippen LogP contribution in [0.2, 0.25) is 0 Å². The van der Waals surface area contributed by atoms with E-state index in [0.717, 1.165) is 57.9 Å². The maximum absolute atomic E-state index is 12.1. The Morgan fingerprint density at radius 2 is 1.50 bits per heavy atom. The summed E-state index contributed by atoms with van der Waals surface area (Å²) >= 11 is 0. The summed E-state index contributed by atoms with van der Waals surface area (Å²) in [6.07, 6.45) is 10.0. The Morgan fingerprint density at radius 1 is 0.864 bits per heavy atom. The molecule has 0 aliphatic heterocycles. The number of carbonyl (C=O) groups excluding carboxylic acids is 2. The minimum atomic E-state index is 0.123. The number of carbonyl (C=O) groups is 2. The Hall–Kier alpha value is -1.10. The molecule has 2 amide bonds. The molecule has 2 aliphatic carbocycles. The largest absolute Gasteiger partial charge is 0.356 e. The van der Waals surface area contributed by atoms with E-state index in [9.17, 15) is 9.59 Å². The molecule has 2 fully saturated rings. The van der Waals surface area contributed by atoms with Crippen LogP contribution in [0, 0.1) is 11.8 Å². The normalized spacial score (nSPS) is 25.9. The molecule has 0 heterocycles. The summed E-state index contributed by atoms with van der Waals surface area (Å²) < 4.78 is 0. The van der Waals surface area contributed by atoms with Gasteiger partial charge in [0.05, 0.1) is 0 Å². The first-order valence-corrected chi connectivity index (χ1v) is 8.99. The van der Waals surface area contributed by atoms with E-state index < -0.39 is 0 Å². The van der Waals surface area contributed by atoms with Crippen LogP contribution in [0.5, 0.6) is 0 Å². The number of nitrogens with one attached hydrogen (secondary N) is 2. The highest BCUT2D eigenvalue weighted by Crippen LogP contribution is 2.27. The Kier molecular flexibility index (Phi) is 7.16. The number of rotatable bonds is 7. The summed E-state index contributed by atoms with van der Waals surface area (Å²) in [5.41, 5.74) is 5.44. The maximum atomic E-state index is 12.1. The number of hydrogen-bond donors (Lipinski definition) is 3. The van der Waals surface area contributed by atoms with Gasteiger partial charge in [-0.05, 0) is 57.9 Å². The zero-order valence-corrected chi connectivity index (χ0v) is 13.6. The fourth-order valence-corrected chi connectivity index (χ4v) is 3.63. The highest BCUT2D eigenvalue weighted by atomic mass is 16.2. The van der Waals surface area contributed by atoms with Crippen molar-refractivity contribution in [3.63, 3.8) is 0 Å². The second-order valence-electron chi connectivity index (χ2n) is 6.83. The van der Waals surface area contributed by atoms with Gasteiger partial charge in [-0.25, -0.2) is 0 Å². The fourth-order valence-electron chi connectivity index (χ4n) is 3.63. The smallest absolute Gasteiger partial charge is 0.223 e. The molecule has 2 saturated carbocycles. The quantitative estimate of drug-likeness (QED) is 0.626. The average molecular weight is 309 g/mol.